The maximum atomic E-state index is 12.4. The number of nitrogens with two attached hydrogens (primary N) is 1. The van der Waals surface area contributed by atoms with Gasteiger partial charge in [0.15, 0.2) is 17.7 Å². The molecule has 0 aromatic carbocycles. The number of ether oxygens (including phenoxy) is 2. The van der Waals surface area contributed by atoms with Gasteiger partial charge in [-0.25, -0.2) is 19.5 Å². The summed E-state index contributed by atoms with van der Waals surface area (Å²) in [7, 11) is -4.90. The zero-order valence-corrected chi connectivity index (χ0v) is 19.7. The molecular weight excluding hydrogens is 488 g/mol. The molecule has 4 N–H and O–H groups in total. The maximum absolute atomic E-state index is 12.4. The van der Waals surface area contributed by atoms with E-state index in [-0.39, 0.29) is 12.4 Å². The lowest BCUT2D eigenvalue weighted by Gasteiger charge is -2.27. The SMILES string of the molecule is COC1COP(S)OC2C(O)C(COP(=O)(O)O[C@@H]1C)OC2n1cnc2c(N)ncnc21. The molecule has 0 amide bonds. The summed E-state index contributed by atoms with van der Waals surface area (Å²) in [6.07, 6.45) is -3.12. The van der Waals surface area contributed by atoms with Crippen molar-refractivity contribution in [1.29, 1.82) is 0 Å². The summed E-state index contributed by atoms with van der Waals surface area (Å²) in [4.78, 5) is 22.4. The van der Waals surface area contributed by atoms with Crippen molar-refractivity contribution in [3.05, 3.63) is 12.7 Å². The average Bonchev–Trinajstić information content (AvgIpc) is 3.29. The van der Waals surface area contributed by atoms with Crippen molar-refractivity contribution in [3.8, 4) is 0 Å². The molecule has 7 unspecified atom stereocenters. The highest BCUT2D eigenvalue weighted by Crippen LogP contribution is 2.51. The number of anilines is 1. The second kappa shape index (κ2) is 9.72. The van der Waals surface area contributed by atoms with E-state index in [0.717, 1.165) is 0 Å². The number of hydrogen-bond donors (Lipinski definition) is 4. The van der Waals surface area contributed by atoms with E-state index in [4.69, 9.17) is 33.3 Å². The number of imidazole rings is 1. The van der Waals surface area contributed by atoms with Gasteiger partial charge in [-0.15, -0.1) is 0 Å². The minimum Gasteiger partial charge on any atom is -0.387 e. The number of aliphatic hydroxyl groups is 1. The van der Waals surface area contributed by atoms with Crippen molar-refractivity contribution in [2.45, 2.75) is 43.7 Å². The smallest absolute Gasteiger partial charge is 0.387 e. The zero-order chi connectivity index (χ0) is 23.0. The monoisotopic (exact) mass is 511 g/mol. The highest BCUT2D eigenvalue weighted by atomic mass is 32.7. The molecule has 0 aliphatic carbocycles. The highest BCUT2D eigenvalue weighted by Gasteiger charge is 2.48. The van der Waals surface area contributed by atoms with E-state index in [1.807, 2.05) is 0 Å². The molecule has 0 spiro atoms. The number of hydrogen-bond acceptors (Lipinski definition) is 13. The summed E-state index contributed by atoms with van der Waals surface area (Å²) in [5.41, 5.74) is 6.54. The maximum Gasteiger partial charge on any atom is 0.472 e. The number of nitrogens with zero attached hydrogens (tertiary/aromatic N) is 4. The third-order valence-electron chi connectivity index (χ3n) is 5.06. The molecule has 2 bridgehead atoms. The van der Waals surface area contributed by atoms with Gasteiger partial charge in [-0.05, 0) is 6.92 Å². The van der Waals surface area contributed by atoms with Gasteiger partial charge in [0, 0.05) is 7.11 Å². The Balaban J connectivity index is 1.65. The molecule has 2 fully saturated rings. The normalized spacial score (nSPS) is 39.3. The molecule has 32 heavy (non-hydrogen) atoms. The van der Waals surface area contributed by atoms with Gasteiger partial charge < -0.3 is 34.3 Å². The molecule has 2 saturated heterocycles. The Labute approximate surface area is 189 Å². The van der Waals surface area contributed by atoms with Crippen molar-refractivity contribution in [2.24, 2.45) is 0 Å². The van der Waals surface area contributed by atoms with Crippen LogP contribution >= 0.6 is 27.6 Å². The predicted molar refractivity (Wildman–Crippen MR) is 114 cm³/mol. The van der Waals surface area contributed by atoms with Gasteiger partial charge >= 0.3 is 7.82 Å². The van der Waals surface area contributed by atoms with Crippen LogP contribution in [0.25, 0.3) is 11.2 Å². The number of phosphoric ester groups is 1. The van der Waals surface area contributed by atoms with Gasteiger partial charge in [0.2, 0.25) is 7.58 Å². The Kier molecular flexibility index (Phi) is 7.35. The summed E-state index contributed by atoms with van der Waals surface area (Å²) in [6, 6.07) is 0. The van der Waals surface area contributed by atoms with Crippen molar-refractivity contribution in [3.63, 3.8) is 0 Å². The van der Waals surface area contributed by atoms with E-state index >= 15 is 0 Å². The molecule has 2 aromatic rings. The van der Waals surface area contributed by atoms with Gasteiger partial charge in [-0.2, -0.15) is 0 Å². The molecule has 0 saturated carbocycles. The van der Waals surface area contributed by atoms with Gasteiger partial charge in [0.1, 0.15) is 36.3 Å². The third kappa shape index (κ3) is 4.93. The van der Waals surface area contributed by atoms with Gasteiger partial charge in [-0.3, -0.25) is 13.6 Å². The first-order valence-corrected chi connectivity index (χ1v) is 13.3. The third-order valence-corrected chi connectivity index (χ3v) is 7.56. The Morgan fingerprint density at radius 3 is 2.91 bits per heavy atom. The summed E-state index contributed by atoms with van der Waals surface area (Å²) in [6.45, 7) is 1.03. The quantitative estimate of drug-likeness (QED) is 0.328. The number of nitrogen functional groups attached to an aromatic ring is 1. The molecule has 14 nitrogen and oxygen atoms in total. The lowest BCUT2D eigenvalue weighted by atomic mass is 10.1. The second-order valence-electron chi connectivity index (χ2n) is 7.09. The number of aromatic nitrogens is 4. The fourth-order valence-corrected chi connectivity index (χ4v) is 5.64. The van der Waals surface area contributed by atoms with Crippen LogP contribution in [0.15, 0.2) is 12.7 Å². The minimum atomic E-state index is -4.50. The number of methoxy groups -OCH3 is 1. The van der Waals surface area contributed by atoms with Crippen LogP contribution in [0.2, 0.25) is 0 Å². The van der Waals surface area contributed by atoms with Crippen molar-refractivity contribution in [1.82, 2.24) is 19.5 Å². The molecule has 8 atom stereocenters. The number of thiol groups is 1. The van der Waals surface area contributed by atoms with E-state index < -0.39 is 58.8 Å². The Morgan fingerprint density at radius 2 is 2.16 bits per heavy atom. The molecule has 178 valence electrons. The van der Waals surface area contributed by atoms with E-state index in [2.05, 4.69) is 27.2 Å². The van der Waals surface area contributed by atoms with Gasteiger partial charge in [0.25, 0.3) is 0 Å². The number of fused-ring (bicyclic) bond motifs is 3. The first-order chi connectivity index (χ1) is 15.2. The number of phosphoric acid groups is 1. The van der Waals surface area contributed by atoms with E-state index in [0.29, 0.717) is 11.2 Å². The topological polar surface area (TPSA) is 183 Å². The molecule has 4 rings (SSSR count). The van der Waals surface area contributed by atoms with Crippen LogP contribution in [0.1, 0.15) is 13.2 Å². The first-order valence-electron chi connectivity index (χ1n) is 9.44. The fourth-order valence-electron chi connectivity index (χ4n) is 3.39. The second-order valence-corrected chi connectivity index (χ2v) is 10.4. The summed E-state index contributed by atoms with van der Waals surface area (Å²) in [5, 5.41) is 10.9. The Hall–Kier alpha value is -0.960. The van der Waals surface area contributed by atoms with E-state index in [1.54, 1.807) is 0 Å². The van der Waals surface area contributed by atoms with Crippen LogP contribution in [0, 0.1) is 0 Å². The standard InChI is InChI=1S/C15H23N5O9P2S/c1-7-8(24-2)3-25-30(32)28-12-11(21)9(4-26-31(22,23)29-7)27-15(12)20-6-19-10-13(16)17-5-18-14(10)20/h5-9,11-12,15,21,32H,3-4H2,1-2H3,(H,22,23)(H2,16,17,18)/t7-,8?,9?,11?,12?,15?,30?/m1/s1. The number of rotatable bonds is 2. The average molecular weight is 511 g/mol. The molecule has 2 aliphatic heterocycles. The van der Waals surface area contributed by atoms with Gasteiger partial charge in [0.05, 0.1) is 25.6 Å². The highest BCUT2D eigenvalue weighted by molar-refractivity contribution is 8.41. The van der Waals surface area contributed by atoms with Crippen LogP contribution in [0.5, 0.6) is 0 Å². The molecular formula is C15H23N5O9P2S. The molecule has 0 radical (unpaired) electrons. The van der Waals surface area contributed by atoms with Crippen LogP contribution in [-0.2, 0) is 32.1 Å². The van der Waals surface area contributed by atoms with Crippen LogP contribution in [0.3, 0.4) is 0 Å². The Bertz CT molecular complexity index is 1000. The zero-order valence-electron chi connectivity index (χ0n) is 17.0. The van der Waals surface area contributed by atoms with E-state index in [1.165, 1.54) is 31.3 Å². The van der Waals surface area contributed by atoms with E-state index in [9.17, 15) is 14.6 Å². The lowest BCUT2D eigenvalue weighted by molar-refractivity contribution is -0.0613. The predicted octanol–water partition coefficient (Wildman–Crippen LogP) is 0.776. The minimum absolute atomic E-state index is 0.0532. The number of aliphatic hydroxyl groups excluding tert-OH is 1. The van der Waals surface area contributed by atoms with Crippen molar-refractivity contribution >= 4 is 44.6 Å². The Morgan fingerprint density at radius 1 is 1.38 bits per heavy atom. The van der Waals surface area contributed by atoms with Crippen LogP contribution in [-0.4, -0.2) is 80.4 Å². The summed E-state index contributed by atoms with van der Waals surface area (Å²) >= 11 is 4.34. The molecule has 2 aliphatic rings. The van der Waals surface area contributed by atoms with Crippen LogP contribution < -0.4 is 5.73 Å². The molecule has 4 heterocycles. The summed E-state index contributed by atoms with van der Waals surface area (Å²) in [5.74, 6) is 0.171. The fraction of sp³-hybridized carbons (Fsp3) is 0.667. The van der Waals surface area contributed by atoms with Gasteiger partial charge in [-0.1, -0.05) is 12.2 Å². The van der Waals surface area contributed by atoms with Crippen LogP contribution in [0.4, 0.5) is 5.82 Å². The van der Waals surface area contributed by atoms with Crippen molar-refractivity contribution in [2.75, 3.05) is 26.1 Å². The first kappa shape index (κ1) is 24.2. The van der Waals surface area contributed by atoms with Crippen molar-refractivity contribution < 1.29 is 42.1 Å². The largest absolute Gasteiger partial charge is 0.472 e. The lowest BCUT2D eigenvalue weighted by Crippen LogP contribution is -2.34. The molecule has 2 aromatic heterocycles. The molecule has 17 heteroatoms. The summed E-state index contributed by atoms with van der Waals surface area (Å²) < 4.78 is 46.8.